The van der Waals surface area contributed by atoms with Crippen LogP contribution >= 0.6 is 47.2 Å². The normalized spacial score (nSPS) is 15.8. The van der Waals surface area contributed by atoms with Gasteiger partial charge in [0.05, 0.1) is 27.4 Å². The van der Waals surface area contributed by atoms with Crippen molar-refractivity contribution >= 4 is 74.5 Å². The van der Waals surface area contributed by atoms with E-state index in [2.05, 4.69) is 0 Å². The molecule has 0 N–H and O–H groups in total. The standard InChI is InChI=1S/C20H11Cl2NO3S2/c21-13-7-14-17(24)12(10-26-18(14)15(22)8-13)6-16-19(25)23(20(27)28-16)9-11-4-2-1-3-5-11/h1-8,10H,9H2/b16-6-. The zero-order chi connectivity index (χ0) is 19.8. The lowest BCUT2D eigenvalue weighted by atomic mass is 10.1. The number of thiocarbonyl (C=S) groups is 1. The van der Waals surface area contributed by atoms with Crippen LogP contribution in [0.25, 0.3) is 17.0 Å². The Morgan fingerprint density at radius 3 is 2.64 bits per heavy atom. The van der Waals surface area contributed by atoms with Crippen LogP contribution in [0.5, 0.6) is 0 Å². The molecule has 4 rings (SSSR count). The minimum atomic E-state index is -0.320. The van der Waals surface area contributed by atoms with Gasteiger partial charge in [-0.3, -0.25) is 14.5 Å². The van der Waals surface area contributed by atoms with Crippen LogP contribution < -0.4 is 5.43 Å². The van der Waals surface area contributed by atoms with Crippen LogP contribution in [0.3, 0.4) is 0 Å². The second-order valence-corrected chi connectivity index (χ2v) is 8.56. The van der Waals surface area contributed by atoms with Crippen molar-refractivity contribution in [2.75, 3.05) is 0 Å². The van der Waals surface area contributed by atoms with Crippen molar-refractivity contribution < 1.29 is 9.21 Å². The number of halogens is 2. The van der Waals surface area contributed by atoms with Crippen LogP contribution in [0, 0.1) is 0 Å². The van der Waals surface area contributed by atoms with Crippen LogP contribution in [-0.2, 0) is 11.3 Å². The van der Waals surface area contributed by atoms with E-state index in [1.54, 1.807) is 0 Å². The van der Waals surface area contributed by atoms with Crippen molar-refractivity contribution in [3.8, 4) is 0 Å². The minimum Gasteiger partial charge on any atom is -0.462 e. The van der Waals surface area contributed by atoms with Crippen molar-refractivity contribution in [3.63, 3.8) is 0 Å². The van der Waals surface area contributed by atoms with Crippen LogP contribution in [0.1, 0.15) is 11.1 Å². The van der Waals surface area contributed by atoms with E-state index in [1.165, 1.54) is 29.4 Å². The SMILES string of the molecule is O=C1/C(=C/c2coc3c(Cl)cc(Cl)cc3c2=O)SC(=S)N1Cc1ccccc1. The highest BCUT2D eigenvalue weighted by Crippen LogP contribution is 2.34. The first-order chi connectivity index (χ1) is 13.4. The number of carbonyl (C=O) groups excluding carboxylic acids is 1. The van der Waals surface area contributed by atoms with Crippen LogP contribution in [-0.4, -0.2) is 15.1 Å². The molecule has 1 aliphatic rings. The number of amides is 1. The maximum Gasteiger partial charge on any atom is 0.266 e. The number of nitrogens with zero attached hydrogens (tertiary/aromatic N) is 1. The maximum atomic E-state index is 12.8. The number of carbonyl (C=O) groups is 1. The smallest absolute Gasteiger partial charge is 0.266 e. The summed E-state index contributed by atoms with van der Waals surface area (Å²) in [4.78, 5) is 27.4. The third-order valence-electron chi connectivity index (χ3n) is 4.16. The summed E-state index contributed by atoms with van der Waals surface area (Å²) in [5.41, 5.74) is 1.13. The molecule has 1 aromatic heterocycles. The number of hydrogen-bond acceptors (Lipinski definition) is 5. The van der Waals surface area contributed by atoms with Crippen molar-refractivity contribution in [2.45, 2.75) is 6.54 Å². The number of fused-ring (bicyclic) bond motifs is 1. The average molecular weight is 448 g/mol. The molecule has 0 saturated carbocycles. The van der Waals surface area contributed by atoms with Gasteiger partial charge in [0, 0.05) is 5.02 Å². The van der Waals surface area contributed by atoms with Gasteiger partial charge in [0.2, 0.25) is 0 Å². The van der Waals surface area contributed by atoms with Gasteiger partial charge in [0.25, 0.3) is 5.91 Å². The van der Waals surface area contributed by atoms with Crippen molar-refractivity contribution in [3.05, 3.63) is 85.0 Å². The molecular weight excluding hydrogens is 437 g/mol. The van der Waals surface area contributed by atoms with Gasteiger partial charge in [-0.05, 0) is 23.8 Å². The molecule has 1 fully saturated rings. The van der Waals surface area contributed by atoms with E-state index in [4.69, 9.17) is 39.8 Å². The van der Waals surface area contributed by atoms with E-state index in [0.717, 1.165) is 17.3 Å². The number of thioether (sulfide) groups is 1. The monoisotopic (exact) mass is 447 g/mol. The first kappa shape index (κ1) is 19.2. The number of benzene rings is 2. The molecule has 0 atom stereocenters. The fourth-order valence-electron chi connectivity index (χ4n) is 2.82. The molecule has 3 aromatic rings. The molecule has 0 unspecified atom stereocenters. The second kappa shape index (κ2) is 7.72. The van der Waals surface area contributed by atoms with Gasteiger partial charge >= 0.3 is 0 Å². The Morgan fingerprint density at radius 1 is 1.14 bits per heavy atom. The molecule has 2 aromatic carbocycles. The van der Waals surface area contributed by atoms with Gasteiger partial charge < -0.3 is 4.42 Å². The summed E-state index contributed by atoms with van der Waals surface area (Å²) in [5.74, 6) is -0.248. The maximum absolute atomic E-state index is 12.8. The second-order valence-electron chi connectivity index (χ2n) is 6.04. The zero-order valence-corrected chi connectivity index (χ0v) is 17.3. The van der Waals surface area contributed by atoms with Crippen LogP contribution in [0.2, 0.25) is 10.0 Å². The summed E-state index contributed by atoms with van der Waals surface area (Å²) in [6, 6.07) is 12.6. The molecule has 1 aliphatic heterocycles. The van der Waals surface area contributed by atoms with E-state index in [1.807, 2.05) is 30.3 Å². The zero-order valence-electron chi connectivity index (χ0n) is 14.1. The third kappa shape index (κ3) is 3.61. The highest BCUT2D eigenvalue weighted by molar-refractivity contribution is 8.26. The largest absolute Gasteiger partial charge is 0.462 e. The molecule has 2 heterocycles. The summed E-state index contributed by atoms with van der Waals surface area (Å²) < 4.78 is 5.94. The highest BCUT2D eigenvalue weighted by Gasteiger charge is 2.32. The lowest BCUT2D eigenvalue weighted by molar-refractivity contribution is -0.122. The van der Waals surface area contributed by atoms with Crippen LogP contribution in [0.15, 0.2) is 62.8 Å². The Hall–Kier alpha value is -2.12. The number of rotatable bonds is 3. The van der Waals surface area contributed by atoms with Crippen molar-refractivity contribution in [1.29, 1.82) is 0 Å². The van der Waals surface area contributed by atoms with E-state index in [9.17, 15) is 9.59 Å². The minimum absolute atomic E-state index is 0.228. The van der Waals surface area contributed by atoms with Gasteiger partial charge in [-0.2, -0.15) is 0 Å². The molecule has 8 heteroatoms. The summed E-state index contributed by atoms with van der Waals surface area (Å²) >= 11 is 18.6. The van der Waals surface area contributed by atoms with Gasteiger partial charge in [0.1, 0.15) is 10.6 Å². The van der Waals surface area contributed by atoms with E-state index < -0.39 is 0 Å². The first-order valence-electron chi connectivity index (χ1n) is 8.14. The Kier molecular flexibility index (Phi) is 5.29. The molecular formula is C20H11Cl2NO3S2. The van der Waals surface area contributed by atoms with Gasteiger partial charge in [0.15, 0.2) is 11.0 Å². The van der Waals surface area contributed by atoms with Gasteiger partial charge in [-0.15, -0.1) is 0 Å². The van der Waals surface area contributed by atoms with Gasteiger partial charge in [-0.1, -0.05) is 77.5 Å². The van der Waals surface area contributed by atoms with E-state index >= 15 is 0 Å². The molecule has 1 amide bonds. The molecule has 140 valence electrons. The lowest BCUT2D eigenvalue weighted by Crippen LogP contribution is -2.27. The summed E-state index contributed by atoms with van der Waals surface area (Å²) in [6.07, 6.45) is 2.78. The molecule has 4 nitrogen and oxygen atoms in total. The third-order valence-corrected chi connectivity index (χ3v) is 6.04. The fourth-order valence-corrected chi connectivity index (χ4v) is 4.61. The van der Waals surface area contributed by atoms with Crippen molar-refractivity contribution in [1.82, 2.24) is 4.90 Å². The molecule has 1 saturated heterocycles. The molecule has 0 spiro atoms. The fraction of sp³-hybridized carbons (Fsp3) is 0.0500. The topological polar surface area (TPSA) is 50.5 Å². The lowest BCUT2D eigenvalue weighted by Gasteiger charge is -2.14. The molecule has 0 bridgehead atoms. The molecule has 0 aliphatic carbocycles. The predicted octanol–water partition coefficient (Wildman–Crippen LogP) is 5.50. The summed E-state index contributed by atoms with van der Waals surface area (Å²) in [6.45, 7) is 0.375. The molecule has 0 radical (unpaired) electrons. The quantitative estimate of drug-likeness (QED) is 0.391. The van der Waals surface area contributed by atoms with E-state index in [-0.39, 0.29) is 32.9 Å². The summed E-state index contributed by atoms with van der Waals surface area (Å²) in [7, 11) is 0. The molecule has 28 heavy (non-hydrogen) atoms. The van der Waals surface area contributed by atoms with E-state index in [0.29, 0.717) is 20.8 Å². The Balaban J connectivity index is 1.70. The average Bonchev–Trinajstić information content (AvgIpc) is 2.93. The highest BCUT2D eigenvalue weighted by atomic mass is 35.5. The Morgan fingerprint density at radius 2 is 1.89 bits per heavy atom. The first-order valence-corrected chi connectivity index (χ1v) is 10.1. The van der Waals surface area contributed by atoms with Crippen LogP contribution in [0.4, 0.5) is 0 Å². The Labute approximate surface area is 179 Å². The van der Waals surface area contributed by atoms with Crippen molar-refractivity contribution in [2.24, 2.45) is 0 Å². The van der Waals surface area contributed by atoms with Gasteiger partial charge in [-0.25, -0.2) is 0 Å². The summed E-state index contributed by atoms with van der Waals surface area (Å²) in [5, 5.41) is 0.836. The predicted molar refractivity (Wildman–Crippen MR) is 118 cm³/mol. The number of hydrogen-bond donors (Lipinski definition) is 0. The Bertz CT molecular complexity index is 1210.